The van der Waals surface area contributed by atoms with Gasteiger partial charge in [-0.25, -0.2) is 0 Å². The molecule has 7 nitrogen and oxygen atoms in total. The first kappa shape index (κ1) is 106. The van der Waals surface area contributed by atoms with Crippen LogP contribution in [0.3, 0.4) is 0 Å². The summed E-state index contributed by atoms with van der Waals surface area (Å²) in [5.74, 6) is 1.50. The SMILES string of the molecule is CC(C)(C)n1cccc1.CC(C)N(C(C)C)C(C)C.CC(C)N(C)C.CC(C)N(C)c1ccccc1.CC(C)N(c1ccccc1)c1ccccc1.CC(C)N1C(C)(C)CCCC1(C)C.CC(C)c1cc(-c2ccccc2)cc(C(C)C)c1C(C)C.CC(C)n1c2ccccc2c2ccccc21.[2H]C(C)(C)c1cc(-c2ccccc2)cc(C(C)(C)C)c1C(C)C. The third kappa shape index (κ3) is 33.1. The highest BCUT2D eigenvalue weighted by molar-refractivity contribution is 6.08. The third-order valence-corrected chi connectivity index (χ3v) is 23.6. The van der Waals surface area contributed by atoms with Crippen LogP contribution >= 0.6 is 0 Å². The van der Waals surface area contributed by atoms with Crippen molar-refractivity contribution in [1.29, 1.82) is 0 Å². The molecule has 0 atom stereocenters. The molecule has 680 valence electrons. The van der Waals surface area contributed by atoms with Crippen molar-refractivity contribution in [2.24, 2.45) is 0 Å². The van der Waals surface area contributed by atoms with E-state index in [2.05, 4.69) is 503 Å². The normalized spacial score (nSPS) is 13.4. The Bertz CT molecular complexity index is 4570. The Balaban J connectivity index is 0.000000302. The van der Waals surface area contributed by atoms with Gasteiger partial charge in [0, 0.05) is 125 Å². The van der Waals surface area contributed by atoms with E-state index in [1.165, 1.54) is 103 Å². The predicted octanol–water partition coefficient (Wildman–Crippen LogP) is 33.9. The van der Waals surface area contributed by atoms with Crippen molar-refractivity contribution >= 4 is 38.9 Å². The summed E-state index contributed by atoms with van der Waals surface area (Å²) in [7, 11) is 6.26. The molecule has 11 aromatic rings. The molecule has 3 heterocycles. The van der Waals surface area contributed by atoms with Crippen molar-refractivity contribution < 1.29 is 1.37 Å². The Labute approximate surface area is 763 Å². The van der Waals surface area contributed by atoms with E-state index >= 15 is 0 Å². The number of hydrogen-bond donors (Lipinski definition) is 0. The third-order valence-electron chi connectivity index (χ3n) is 23.6. The lowest BCUT2D eigenvalue weighted by Gasteiger charge is -2.55. The Morgan fingerprint density at radius 3 is 0.935 bits per heavy atom. The average Bonchev–Trinajstić information content (AvgIpc) is 0.777. The number of piperidine rings is 1. The molecule has 1 aliphatic heterocycles. The molecule has 0 unspecified atom stereocenters. The first-order valence-electron chi connectivity index (χ1n) is 47.7. The minimum Gasteiger partial charge on any atom is -0.372 e. The molecule has 0 amide bonds. The maximum atomic E-state index is 8.67. The highest BCUT2D eigenvalue weighted by atomic mass is 15.3. The molecule has 1 saturated heterocycles. The van der Waals surface area contributed by atoms with Gasteiger partial charge in [0.1, 0.15) is 0 Å². The van der Waals surface area contributed by atoms with Gasteiger partial charge in [0.25, 0.3) is 0 Å². The zero-order chi connectivity index (χ0) is 94.4. The number of likely N-dealkylation sites (tertiary alicyclic amines) is 1. The van der Waals surface area contributed by atoms with E-state index in [4.69, 9.17) is 1.37 Å². The van der Waals surface area contributed by atoms with Crippen LogP contribution in [0.15, 0.2) is 249 Å². The second-order valence-electron chi connectivity index (χ2n) is 41.3. The van der Waals surface area contributed by atoms with E-state index in [0.717, 1.165) is 5.56 Å². The van der Waals surface area contributed by atoms with Crippen molar-refractivity contribution in [3.05, 3.63) is 282 Å². The van der Waals surface area contributed by atoms with Crippen LogP contribution < -0.4 is 9.80 Å². The van der Waals surface area contributed by atoms with Crippen molar-refractivity contribution in [3.63, 3.8) is 0 Å². The van der Waals surface area contributed by atoms with Gasteiger partial charge >= 0.3 is 0 Å². The summed E-state index contributed by atoms with van der Waals surface area (Å²) in [4.78, 5) is 11.9. The molecule has 7 heteroatoms. The van der Waals surface area contributed by atoms with Gasteiger partial charge < -0.3 is 23.8 Å². The molecule has 124 heavy (non-hydrogen) atoms. The minimum atomic E-state index is -0.607. The number of rotatable bonds is 18. The molecule has 1 aliphatic rings. The Kier molecular flexibility index (Phi) is 43.4. The number of para-hydroxylation sites is 5. The van der Waals surface area contributed by atoms with E-state index in [-0.39, 0.29) is 11.0 Å². The summed E-state index contributed by atoms with van der Waals surface area (Å²) in [5.41, 5.74) is 21.0. The van der Waals surface area contributed by atoms with E-state index in [1.807, 2.05) is 50.2 Å². The summed E-state index contributed by atoms with van der Waals surface area (Å²) in [5, 5.41) is 2.71. The molecule has 0 saturated carbocycles. The Morgan fingerprint density at radius 1 is 0.339 bits per heavy atom. The van der Waals surface area contributed by atoms with Gasteiger partial charge in [-0.3, -0.25) is 9.80 Å². The highest BCUT2D eigenvalue weighted by Gasteiger charge is 2.42. The zero-order valence-corrected chi connectivity index (χ0v) is 85.9. The molecule has 2 aromatic heterocycles. The van der Waals surface area contributed by atoms with E-state index in [9.17, 15) is 0 Å². The van der Waals surface area contributed by atoms with Crippen molar-refractivity contribution in [2.75, 3.05) is 30.9 Å². The number of nitrogens with zero attached hydrogens (tertiary/aromatic N) is 7. The maximum absolute atomic E-state index is 8.67. The lowest BCUT2D eigenvalue weighted by atomic mass is 9.75. The molecule has 0 spiro atoms. The van der Waals surface area contributed by atoms with Crippen LogP contribution in [0, 0.1) is 0 Å². The molecular weight excluding hydrogens is 1500 g/mol. The first-order chi connectivity index (χ1) is 58.2. The fraction of sp³-hybridized carbons (Fsp3) is 0.504. The molecule has 0 N–H and O–H groups in total. The average molecular weight is 1680 g/mol. The molecule has 0 radical (unpaired) electrons. The fourth-order valence-corrected chi connectivity index (χ4v) is 17.6. The van der Waals surface area contributed by atoms with Gasteiger partial charge in [0.2, 0.25) is 0 Å². The second-order valence-corrected chi connectivity index (χ2v) is 41.3. The van der Waals surface area contributed by atoms with Crippen LogP contribution in [0.1, 0.15) is 339 Å². The van der Waals surface area contributed by atoms with E-state index in [1.54, 1.807) is 5.56 Å². The second kappa shape index (κ2) is 50.8. The van der Waals surface area contributed by atoms with Gasteiger partial charge in [-0.05, 0) is 344 Å². The molecule has 0 aliphatic carbocycles. The molecule has 9 aromatic carbocycles. The monoisotopic (exact) mass is 1680 g/mol. The van der Waals surface area contributed by atoms with Crippen molar-refractivity contribution in [3.8, 4) is 22.3 Å². The number of anilines is 3. The van der Waals surface area contributed by atoms with Gasteiger partial charge in [-0.1, -0.05) is 266 Å². The van der Waals surface area contributed by atoms with Gasteiger partial charge in [-0.2, -0.15) is 0 Å². The molecule has 1 fully saturated rings. The summed E-state index contributed by atoms with van der Waals surface area (Å²) in [6, 6.07) is 88.2. The van der Waals surface area contributed by atoms with E-state index < -0.39 is 5.89 Å². The highest BCUT2D eigenvalue weighted by Crippen LogP contribution is 2.43. The summed E-state index contributed by atoms with van der Waals surface area (Å²) in [6.45, 7) is 80.9. The predicted molar refractivity (Wildman–Crippen MR) is 557 cm³/mol. The number of benzene rings is 9. The molecule has 12 rings (SSSR count). The summed E-state index contributed by atoms with van der Waals surface area (Å²) >= 11 is 0. The quantitative estimate of drug-likeness (QED) is 0.0853. The van der Waals surface area contributed by atoms with Crippen molar-refractivity contribution in [2.45, 2.75) is 368 Å². The maximum Gasteiger partial charge on any atom is 0.0493 e. The Hall–Kier alpha value is -8.46. The van der Waals surface area contributed by atoms with Gasteiger partial charge in [0.05, 0.1) is 0 Å². The van der Waals surface area contributed by atoms with Crippen molar-refractivity contribution in [1.82, 2.24) is 23.8 Å². The lowest BCUT2D eigenvalue weighted by Crippen LogP contribution is -2.61. The topological polar surface area (TPSA) is 26.1 Å². The van der Waals surface area contributed by atoms with Crippen LogP contribution in [0.2, 0.25) is 0 Å². The molecule has 0 bridgehead atoms. The minimum absolute atomic E-state index is 0.0599. The molecular formula is C117H177N7. The first-order valence-corrected chi connectivity index (χ1v) is 47.2. The lowest BCUT2D eigenvalue weighted by molar-refractivity contribution is -0.0508. The zero-order valence-electron chi connectivity index (χ0n) is 86.9. The van der Waals surface area contributed by atoms with Gasteiger partial charge in [0.15, 0.2) is 0 Å². The van der Waals surface area contributed by atoms with Crippen LogP contribution in [-0.4, -0.2) is 98.3 Å². The Morgan fingerprint density at radius 2 is 0.669 bits per heavy atom. The number of aromatic nitrogens is 2. The summed E-state index contributed by atoms with van der Waals surface area (Å²) in [6.07, 6.45) is 8.23. The van der Waals surface area contributed by atoms with Gasteiger partial charge in [-0.15, -0.1) is 0 Å². The smallest absolute Gasteiger partial charge is 0.0493 e. The van der Waals surface area contributed by atoms with Crippen LogP contribution in [0.25, 0.3) is 44.1 Å². The summed E-state index contributed by atoms with van der Waals surface area (Å²) < 4.78 is 13.3. The van der Waals surface area contributed by atoms with Crippen LogP contribution in [0.5, 0.6) is 0 Å². The van der Waals surface area contributed by atoms with Crippen LogP contribution in [0.4, 0.5) is 17.1 Å². The number of fused-ring (bicyclic) bond motifs is 3. The van der Waals surface area contributed by atoms with Crippen LogP contribution in [-0.2, 0) is 11.0 Å². The van der Waals surface area contributed by atoms with E-state index in [0.29, 0.717) is 83.1 Å². The fourth-order valence-electron chi connectivity index (χ4n) is 17.6. The number of hydrogen-bond acceptors (Lipinski definition) is 5. The largest absolute Gasteiger partial charge is 0.372 e. The standard InChI is InChI=1S/C22H30.C21H28.C15H15N.C15H17N.C12H25N.C10H15N.C9H21N.C8H13N.C5H13N/c1-15(2)19-13-18(17-11-9-8-10-12-17)14-20(22(5,6)7)21(19)16(3)4;1-14(2)19-12-18(17-10-8-7-9-11-17)13-20(15(3)4)21(19)16(5)6;1-11(2)16-14-9-5-3-7-12(14)13-8-4-6-10-15(13)16;1-13(2)16(14-9-5-3-6-10-14)15-11-7-4-8-12-15;1-10(2)13-11(3,4)8-7-9-12(13,5)6;1-9(2)11(3)10-7-5-4-6-8-10;1-7(2)10(8(3)4)9(5)6;1-8(2,3)9-6-4-5-7-9;1-5(2)6(3)4/h8-16H,1-7H3;7-16H,1-6H3;3-11H,1-2H3;3-13H,1-2H3;10H,7-9H2,1-6H3;4-9H,1-3H3;7-9H,1-6H3;4-7H,1-3H3;5H,1-4H3/i15D;;;;;;;;.